The van der Waals surface area contributed by atoms with E-state index < -0.39 is 0 Å². The van der Waals surface area contributed by atoms with Gasteiger partial charge in [0.1, 0.15) is 0 Å². The molecule has 3 amide bonds. The smallest absolute Gasteiger partial charge is 0.321 e. The van der Waals surface area contributed by atoms with Gasteiger partial charge in [-0.3, -0.25) is 9.79 Å². The number of anilines is 1. The number of rotatable bonds is 6. The van der Waals surface area contributed by atoms with Gasteiger partial charge in [0, 0.05) is 58.6 Å². The lowest BCUT2D eigenvalue weighted by Gasteiger charge is -2.17. The molecule has 0 bridgehead atoms. The largest absolute Gasteiger partial charge is 0.352 e. The van der Waals surface area contributed by atoms with Gasteiger partial charge in [-0.05, 0) is 48.2 Å². The molecule has 0 atom stereocenters. The minimum absolute atomic E-state index is 0.0131. The number of hydrogen-bond acceptors (Lipinski definition) is 3. The van der Waals surface area contributed by atoms with Crippen LogP contribution in [0.1, 0.15) is 34.3 Å². The van der Waals surface area contributed by atoms with Gasteiger partial charge in [-0.15, -0.1) is 0 Å². The van der Waals surface area contributed by atoms with Crippen LogP contribution >= 0.6 is 0 Å². The number of carbonyl (C=O) groups excluding carboxylic acids is 2. The Hall–Kier alpha value is -3.55. The summed E-state index contributed by atoms with van der Waals surface area (Å²) in [5, 5.41) is 9.55. The second-order valence-electron chi connectivity index (χ2n) is 8.00. The summed E-state index contributed by atoms with van der Waals surface area (Å²) in [7, 11) is 5.20. The molecule has 3 N–H and O–H groups in total. The Bertz CT molecular complexity index is 949. The highest BCUT2D eigenvalue weighted by Crippen LogP contribution is 2.14. The quantitative estimate of drug-likeness (QED) is 0.480. The number of urea groups is 1. The molecule has 0 aliphatic carbocycles. The Morgan fingerprint density at radius 2 is 1.62 bits per heavy atom. The molecule has 1 fully saturated rings. The van der Waals surface area contributed by atoms with E-state index in [-0.39, 0.29) is 11.9 Å². The second kappa shape index (κ2) is 11.2. The normalized spacial score (nSPS) is 13.6. The highest BCUT2D eigenvalue weighted by molar-refractivity contribution is 5.93. The van der Waals surface area contributed by atoms with Gasteiger partial charge in [-0.2, -0.15) is 0 Å². The van der Waals surface area contributed by atoms with Crippen molar-refractivity contribution in [1.29, 1.82) is 0 Å². The Balaban J connectivity index is 1.49. The van der Waals surface area contributed by atoms with Crippen LogP contribution in [0.2, 0.25) is 0 Å². The molecule has 0 aromatic heterocycles. The van der Waals surface area contributed by atoms with Crippen molar-refractivity contribution in [1.82, 2.24) is 20.4 Å². The van der Waals surface area contributed by atoms with Gasteiger partial charge in [0.2, 0.25) is 0 Å². The zero-order chi connectivity index (χ0) is 22.9. The maximum absolute atomic E-state index is 12.3. The molecule has 0 radical (unpaired) electrons. The van der Waals surface area contributed by atoms with Crippen LogP contribution < -0.4 is 16.0 Å². The minimum atomic E-state index is -0.0385. The Morgan fingerprint density at radius 3 is 2.25 bits per heavy atom. The molecule has 1 saturated heterocycles. The summed E-state index contributed by atoms with van der Waals surface area (Å²) in [6, 6.07) is 15.3. The first-order valence-electron chi connectivity index (χ1n) is 10.9. The first kappa shape index (κ1) is 23.1. The van der Waals surface area contributed by atoms with Crippen LogP contribution in [0.15, 0.2) is 53.5 Å². The average molecular weight is 437 g/mol. The van der Waals surface area contributed by atoms with Crippen molar-refractivity contribution in [3.63, 3.8) is 0 Å². The third-order valence-electron chi connectivity index (χ3n) is 5.32. The highest BCUT2D eigenvalue weighted by atomic mass is 16.2. The molecule has 32 heavy (non-hydrogen) atoms. The number of aliphatic imine (C=N–C) groups is 1. The van der Waals surface area contributed by atoms with Crippen molar-refractivity contribution in [2.75, 3.05) is 39.5 Å². The number of benzene rings is 2. The number of carbonyl (C=O) groups is 2. The van der Waals surface area contributed by atoms with E-state index >= 15 is 0 Å². The maximum Gasteiger partial charge on any atom is 0.321 e. The van der Waals surface area contributed by atoms with Crippen LogP contribution in [-0.2, 0) is 13.1 Å². The van der Waals surface area contributed by atoms with Gasteiger partial charge in [0.05, 0.1) is 0 Å². The summed E-state index contributed by atoms with van der Waals surface area (Å²) in [5.74, 6) is 0.658. The fourth-order valence-electron chi connectivity index (χ4n) is 3.50. The molecule has 1 heterocycles. The van der Waals surface area contributed by atoms with Crippen molar-refractivity contribution in [3.8, 4) is 0 Å². The molecule has 1 aliphatic rings. The molecule has 8 nitrogen and oxygen atoms in total. The van der Waals surface area contributed by atoms with Crippen LogP contribution in [0.4, 0.5) is 10.5 Å². The Labute approximate surface area is 189 Å². The molecule has 8 heteroatoms. The monoisotopic (exact) mass is 436 g/mol. The van der Waals surface area contributed by atoms with Crippen molar-refractivity contribution in [2.45, 2.75) is 25.9 Å². The number of guanidine groups is 1. The molecule has 0 spiro atoms. The van der Waals surface area contributed by atoms with Crippen LogP contribution in [0.25, 0.3) is 0 Å². The molecule has 3 rings (SSSR count). The number of nitrogens with one attached hydrogen (secondary N) is 3. The molecule has 0 unspecified atom stereocenters. The molecule has 0 saturated carbocycles. The summed E-state index contributed by atoms with van der Waals surface area (Å²) in [4.78, 5) is 32.0. The van der Waals surface area contributed by atoms with Gasteiger partial charge in [-0.25, -0.2) is 4.79 Å². The van der Waals surface area contributed by atoms with Gasteiger partial charge in [-0.1, -0.05) is 24.3 Å². The molecule has 1 aliphatic heterocycles. The van der Waals surface area contributed by atoms with Gasteiger partial charge < -0.3 is 25.8 Å². The van der Waals surface area contributed by atoms with E-state index in [4.69, 9.17) is 0 Å². The first-order chi connectivity index (χ1) is 15.5. The number of hydrogen-bond donors (Lipinski definition) is 3. The van der Waals surface area contributed by atoms with Crippen molar-refractivity contribution in [3.05, 3.63) is 65.2 Å². The van der Waals surface area contributed by atoms with Crippen molar-refractivity contribution in [2.24, 2.45) is 4.99 Å². The summed E-state index contributed by atoms with van der Waals surface area (Å²) in [6.45, 7) is 2.80. The summed E-state index contributed by atoms with van der Waals surface area (Å²) in [6.07, 6.45) is 2.14. The predicted octanol–water partition coefficient (Wildman–Crippen LogP) is 2.88. The summed E-state index contributed by atoms with van der Waals surface area (Å²) >= 11 is 0. The zero-order valence-corrected chi connectivity index (χ0v) is 19.0. The SMILES string of the molecule is CN=C(NCc1ccc(C(=O)N(C)C)cc1)NCc1cccc(NC(=O)N2CCCC2)c1. The highest BCUT2D eigenvalue weighted by Gasteiger charge is 2.17. The second-order valence-corrected chi connectivity index (χ2v) is 8.00. The van der Waals surface area contributed by atoms with E-state index in [1.54, 1.807) is 26.0 Å². The molecule has 2 aromatic carbocycles. The minimum Gasteiger partial charge on any atom is -0.352 e. The number of amides is 3. The van der Waals surface area contributed by atoms with E-state index in [1.165, 1.54) is 0 Å². The van der Waals surface area contributed by atoms with Crippen LogP contribution in [0, 0.1) is 0 Å². The third-order valence-corrected chi connectivity index (χ3v) is 5.32. The maximum atomic E-state index is 12.3. The van der Waals surface area contributed by atoms with Crippen LogP contribution in [0.5, 0.6) is 0 Å². The predicted molar refractivity (Wildman–Crippen MR) is 128 cm³/mol. The van der Waals surface area contributed by atoms with Gasteiger partial charge >= 0.3 is 6.03 Å². The van der Waals surface area contributed by atoms with E-state index in [0.29, 0.717) is 24.6 Å². The van der Waals surface area contributed by atoms with E-state index in [0.717, 1.165) is 42.7 Å². The standard InChI is InChI=1S/C24H32N6O2/c1-25-23(26-16-18-9-11-20(12-10-18)22(31)29(2)3)27-17-19-7-6-8-21(15-19)28-24(32)30-13-4-5-14-30/h6-12,15H,4-5,13-14,16-17H2,1-3H3,(H,28,32)(H2,25,26,27). The number of nitrogens with zero attached hydrogens (tertiary/aromatic N) is 3. The molecular formula is C24H32N6O2. The lowest BCUT2D eigenvalue weighted by molar-refractivity contribution is 0.0827. The lowest BCUT2D eigenvalue weighted by Crippen LogP contribution is -2.36. The zero-order valence-electron chi connectivity index (χ0n) is 19.0. The van der Waals surface area contributed by atoms with Crippen molar-refractivity contribution < 1.29 is 9.59 Å². The van der Waals surface area contributed by atoms with E-state index in [9.17, 15) is 9.59 Å². The van der Waals surface area contributed by atoms with E-state index in [2.05, 4.69) is 20.9 Å². The van der Waals surface area contributed by atoms with Crippen molar-refractivity contribution >= 4 is 23.6 Å². The molecule has 170 valence electrons. The summed E-state index contributed by atoms with van der Waals surface area (Å²) < 4.78 is 0. The Kier molecular flexibility index (Phi) is 8.08. The summed E-state index contributed by atoms with van der Waals surface area (Å²) in [5.41, 5.74) is 3.54. The topological polar surface area (TPSA) is 89.1 Å². The van der Waals surface area contributed by atoms with Crippen LogP contribution in [0.3, 0.4) is 0 Å². The fourth-order valence-corrected chi connectivity index (χ4v) is 3.50. The average Bonchev–Trinajstić information content (AvgIpc) is 3.34. The van der Waals surface area contributed by atoms with E-state index in [1.807, 2.05) is 53.4 Å². The van der Waals surface area contributed by atoms with Crippen LogP contribution in [-0.4, -0.2) is 61.9 Å². The lowest BCUT2D eigenvalue weighted by atomic mass is 10.1. The number of likely N-dealkylation sites (tertiary alicyclic amines) is 1. The molecular weight excluding hydrogens is 404 g/mol. The van der Waals surface area contributed by atoms with Gasteiger partial charge in [0.25, 0.3) is 5.91 Å². The third kappa shape index (κ3) is 6.47. The Morgan fingerprint density at radius 1 is 0.969 bits per heavy atom. The first-order valence-corrected chi connectivity index (χ1v) is 10.9. The van der Waals surface area contributed by atoms with Gasteiger partial charge in [0.15, 0.2) is 5.96 Å². The molecule has 2 aromatic rings. The fraction of sp³-hybridized carbons (Fsp3) is 0.375.